The summed E-state index contributed by atoms with van der Waals surface area (Å²) >= 11 is 0. The molecule has 1 unspecified atom stereocenters. The zero-order chi connectivity index (χ0) is 27.6. The van der Waals surface area contributed by atoms with Crippen molar-refractivity contribution in [3.8, 4) is 23.3 Å². The maximum absolute atomic E-state index is 13.4. The molecule has 0 radical (unpaired) electrons. The first-order chi connectivity index (χ1) is 15.5. The van der Waals surface area contributed by atoms with Crippen LogP contribution in [0.5, 0.6) is 11.5 Å². The molecule has 35 heavy (non-hydrogen) atoms. The fraction of sp³-hybridized carbons (Fsp3) is 0.542. The van der Waals surface area contributed by atoms with Crippen LogP contribution in [0.3, 0.4) is 0 Å². The molecule has 11 heteroatoms. The van der Waals surface area contributed by atoms with Gasteiger partial charge in [-0.3, -0.25) is 4.79 Å². The van der Waals surface area contributed by atoms with E-state index in [1.165, 1.54) is 0 Å². The van der Waals surface area contributed by atoms with Gasteiger partial charge in [0.25, 0.3) is 0 Å². The van der Waals surface area contributed by atoms with Crippen LogP contribution in [0.15, 0.2) is 24.3 Å². The first kappa shape index (κ1) is 31.0. The molecule has 1 amide bonds. The summed E-state index contributed by atoms with van der Waals surface area (Å²) in [6.45, 7) is 23.0. The van der Waals surface area contributed by atoms with Crippen molar-refractivity contribution >= 4 is 30.9 Å². The molecule has 196 valence electrons. The molecule has 0 aliphatic carbocycles. The van der Waals surface area contributed by atoms with E-state index < -0.39 is 43.3 Å². The second-order valence-electron chi connectivity index (χ2n) is 11.3. The highest BCUT2D eigenvalue weighted by atomic mass is 28.4. The van der Waals surface area contributed by atoms with Gasteiger partial charge in [-0.15, -0.1) is 0 Å². The Bertz CT molecular complexity index is 1010. The average molecular weight is 546 g/mol. The first-order valence-corrected chi connectivity index (χ1v) is 21.5. The van der Waals surface area contributed by atoms with Crippen LogP contribution in [-0.4, -0.2) is 49.0 Å². The number of hydrogen-bond donors (Lipinski definition) is 0. The zero-order valence-electron chi connectivity index (χ0n) is 22.7. The number of carbonyl (C=O) groups is 1. The third-order valence-corrected chi connectivity index (χ3v) is 6.60. The predicted molar refractivity (Wildman–Crippen MR) is 142 cm³/mol. The number of amides is 1. The van der Waals surface area contributed by atoms with Gasteiger partial charge in [0.05, 0.1) is 5.56 Å². The highest BCUT2D eigenvalue weighted by Gasteiger charge is 2.45. The van der Waals surface area contributed by atoms with Gasteiger partial charge in [-0.05, 0) is 83.6 Å². The molecule has 0 aromatic heterocycles. The van der Waals surface area contributed by atoms with Crippen LogP contribution in [0.25, 0.3) is 0 Å². The molecule has 1 aromatic rings. The number of benzene rings is 1. The van der Waals surface area contributed by atoms with Crippen molar-refractivity contribution in [1.82, 2.24) is 4.90 Å². The summed E-state index contributed by atoms with van der Waals surface area (Å²) in [5.74, 6) is 4.71. The van der Waals surface area contributed by atoms with E-state index in [4.69, 9.17) is 13.3 Å². The van der Waals surface area contributed by atoms with Gasteiger partial charge in [0.15, 0.2) is 14.5 Å². The van der Waals surface area contributed by atoms with E-state index in [0.717, 1.165) is 7.05 Å². The monoisotopic (exact) mass is 545 g/mol. The number of nitrogens with zero attached hydrogens (tertiary/aromatic N) is 1. The lowest BCUT2D eigenvalue weighted by molar-refractivity contribution is -0.191. The first-order valence-electron chi connectivity index (χ1n) is 11.3. The van der Waals surface area contributed by atoms with Crippen molar-refractivity contribution < 1.29 is 31.2 Å². The van der Waals surface area contributed by atoms with E-state index in [0.29, 0.717) is 33.1 Å². The standard InChI is InChI=1S/C24H38F3NO4Si3/c1-17(2)13-14-18-15-21(31-34(7,8)9)19(16-20(18)30-33(4,5)6)22(32-35(10,11)12)28(3)23(29)24(25,26)27/h15-16,22H,1H2,2-12H3. The molecular formula is C24H38F3NO4Si3. The van der Waals surface area contributed by atoms with Crippen LogP contribution in [0.2, 0.25) is 58.9 Å². The summed E-state index contributed by atoms with van der Waals surface area (Å²) in [4.78, 5) is 12.9. The lowest BCUT2D eigenvalue weighted by Crippen LogP contribution is -2.45. The minimum Gasteiger partial charge on any atom is -0.544 e. The van der Waals surface area contributed by atoms with Crippen LogP contribution < -0.4 is 8.85 Å². The fourth-order valence-electron chi connectivity index (χ4n) is 2.87. The molecule has 1 atom stereocenters. The Morgan fingerprint density at radius 3 is 1.83 bits per heavy atom. The molecule has 1 rings (SSSR count). The third kappa shape index (κ3) is 10.6. The summed E-state index contributed by atoms with van der Waals surface area (Å²) in [7, 11) is -5.73. The maximum Gasteiger partial charge on any atom is 0.471 e. The van der Waals surface area contributed by atoms with Crippen molar-refractivity contribution in [3.63, 3.8) is 0 Å². The molecule has 0 fully saturated rings. The van der Waals surface area contributed by atoms with Gasteiger partial charge in [-0.1, -0.05) is 18.4 Å². The number of alkyl halides is 3. The average Bonchev–Trinajstić information content (AvgIpc) is 2.60. The Morgan fingerprint density at radius 1 is 0.943 bits per heavy atom. The van der Waals surface area contributed by atoms with Crippen LogP contribution >= 0.6 is 0 Å². The lowest BCUT2D eigenvalue weighted by Gasteiger charge is -2.36. The van der Waals surface area contributed by atoms with Gasteiger partial charge in [0.2, 0.25) is 16.6 Å². The molecule has 0 bridgehead atoms. The fourth-order valence-corrected chi connectivity index (χ4v) is 5.49. The number of rotatable bonds is 8. The highest BCUT2D eigenvalue weighted by molar-refractivity contribution is 6.71. The molecule has 0 spiro atoms. The van der Waals surface area contributed by atoms with E-state index in [1.54, 1.807) is 19.1 Å². The molecular weight excluding hydrogens is 508 g/mol. The quantitative estimate of drug-likeness (QED) is 0.202. The minimum absolute atomic E-state index is 0.295. The SMILES string of the molecule is C=C(C)C#Cc1cc(O[Si](C)(C)C)c(C(O[Si](C)(C)C)N(C)C(=O)C(F)(F)F)cc1O[Si](C)(C)C. The van der Waals surface area contributed by atoms with Crippen molar-refractivity contribution in [2.24, 2.45) is 0 Å². The molecule has 5 nitrogen and oxygen atoms in total. The van der Waals surface area contributed by atoms with Crippen molar-refractivity contribution in [2.75, 3.05) is 7.05 Å². The maximum atomic E-state index is 13.4. The predicted octanol–water partition coefficient (Wildman–Crippen LogP) is 6.91. The summed E-state index contributed by atoms with van der Waals surface area (Å²) in [5.41, 5.74) is 1.48. The molecule has 0 saturated heterocycles. The van der Waals surface area contributed by atoms with Crippen LogP contribution in [-0.2, 0) is 9.22 Å². The summed E-state index contributed by atoms with van der Waals surface area (Å²) in [6, 6.07) is 3.28. The molecule has 0 aliphatic heterocycles. The summed E-state index contributed by atoms with van der Waals surface area (Å²) in [5, 5.41) is 0. The van der Waals surface area contributed by atoms with Gasteiger partial charge >= 0.3 is 12.1 Å². The Balaban J connectivity index is 3.99. The zero-order valence-corrected chi connectivity index (χ0v) is 25.7. The Morgan fingerprint density at radius 2 is 1.43 bits per heavy atom. The normalized spacial score (nSPS) is 13.4. The van der Waals surface area contributed by atoms with Gasteiger partial charge in [0, 0.05) is 12.6 Å². The van der Waals surface area contributed by atoms with Gasteiger partial charge < -0.3 is 18.2 Å². The highest BCUT2D eigenvalue weighted by Crippen LogP contribution is 2.40. The Hall–Kier alpha value is -2.01. The van der Waals surface area contributed by atoms with Crippen LogP contribution in [0, 0.1) is 11.8 Å². The Labute approximate surface area is 211 Å². The van der Waals surface area contributed by atoms with Gasteiger partial charge in [-0.25, -0.2) is 0 Å². The third-order valence-electron chi connectivity index (χ3n) is 4.00. The van der Waals surface area contributed by atoms with E-state index in [2.05, 4.69) is 18.4 Å². The minimum atomic E-state index is -5.06. The largest absolute Gasteiger partial charge is 0.544 e. The number of halogens is 3. The second-order valence-corrected chi connectivity index (χ2v) is 24.7. The van der Waals surface area contributed by atoms with E-state index >= 15 is 0 Å². The number of carbonyl (C=O) groups excluding carboxylic acids is 1. The smallest absolute Gasteiger partial charge is 0.471 e. The van der Waals surface area contributed by atoms with E-state index in [1.807, 2.05) is 58.9 Å². The van der Waals surface area contributed by atoms with E-state index in [-0.39, 0.29) is 0 Å². The molecule has 0 aliphatic rings. The van der Waals surface area contributed by atoms with Crippen molar-refractivity contribution in [1.29, 1.82) is 0 Å². The lowest BCUT2D eigenvalue weighted by atomic mass is 10.1. The Kier molecular flexibility index (Phi) is 9.70. The van der Waals surface area contributed by atoms with Crippen molar-refractivity contribution in [2.45, 2.75) is 78.3 Å². The summed E-state index contributed by atoms with van der Waals surface area (Å²) < 4.78 is 59.0. The summed E-state index contributed by atoms with van der Waals surface area (Å²) in [6.07, 6.45) is -6.38. The van der Waals surface area contributed by atoms with Crippen LogP contribution in [0.4, 0.5) is 13.2 Å². The number of hydrogen-bond acceptors (Lipinski definition) is 4. The van der Waals surface area contributed by atoms with Crippen molar-refractivity contribution in [3.05, 3.63) is 35.4 Å². The van der Waals surface area contributed by atoms with Gasteiger partial charge in [0.1, 0.15) is 11.5 Å². The topological polar surface area (TPSA) is 48.0 Å². The molecule has 0 heterocycles. The van der Waals surface area contributed by atoms with Crippen LogP contribution in [0.1, 0.15) is 24.3 Å². The second kappa shape index (κ2) is 10.9. The molecule has 0 N–H and O–H groups in total. The molecule has 1 aromatic carbocycles. The molecule has 0 saturated carbocycles. The van der Waals surface area contributed by atoms with E-state index in [9.17, 15) is 18.0 Å². The number of allylic oxidation sites excluding steroid dienone is 1. The van der Waals surface area contributed by atoms with Gasteiger partial charge in [-0.2, -0.15) is 13.2 Å².